The Morgan fingerprint density at radius 2 is 2.11 bits per heavy atom. The predicted molar refractivity (Wildman–Crippen MR) is 71.5 cm³/mol. The zero-order chi connectivity index (χ0) is 13.3. The van der Waals surface area contributed by atoms with Crippen molar-refractivity contribution in [3.05, 3.63) is 41.1 Å². The van der Waals surface area contributed by atoms with Gasteiger partial charge in [0.2, 0.25) is 0 Å². The fourth-order valence-corrected chi connectivity index (χ4v) is 1.80. The summed E-state index contributed by atoms with van der Waals surface area (Å²) in [6, 6.07) is 7.21. The van der Waals surface area contributed by atoms with Gasteiger partial charge in [-0.05, 0) is 25.5 Å². The molecule has 0 atom stereocenters. The van der Waals surface area contributed by atoms with E-state index < -0.39 is 0 Å². The van der Waals surface area contributed by atoms with Gasteiger partial charge < -0.3 is 11.1 Å². The van der Waals surface area contributed by atoms with Crippen LogP contribution in [0.4, 0.5) is 11.5 Å². The number of nitrogens with one attached hydrogen (secondary N) is 1. The molecule has 0 unspecified atom stereocenters. The summed E-state index contributed by atoms with van der Waals surface area (Å²) in [4.78, 5) is 12.1. The fraction of sp³-hybridized carbons (Fsp3) is 0.231. The van der Waals surface area contributed by atoms with E-state index in [0.29, 0.717) is 17.1 Å². The Hall–Kier alpha value is -2.30. The third kappa shape index (κ3) is 2.20. The molecule has 2 aromatic rings. The second-order valence-corrected chi connectivity index (χ2v) is 4.29. The SMILES string of the molecule is Cc1cccc(N)c1C(=O)Nc1cc(C)n(C)n1. The number of aromatic nitrogens is 2. The van der Waals surface area contributed by atoms with Crippen LogP contribution < -0.4 is 11.1 Å². The number of carbonyl (C=O) groups excluding carboxylic acids is 1. The van der Waals surface area contributed by atoms with Gasteiger partial charge in [0.1, 0.15) is 0 Å². The van der Waals surface area contributed by atoms with E-state index in [9.17, 15) is 4.79 Å². The van der Waals surface area contributed by atoms with Crippen LogP contribution in [0.15, 0.2) is 24.3 Å². The summed E-state index contributed by atoms with van der Waals surface area (Å²) < 4.78 is 1.71. The van der Waals surface area contributed by atoms with Gasteiger partial charge in [-0.1, -0.05) is 12.1 Å². The Bertz CT molecular complexity index is 561. The first-order valence-electron chi connectivity index (χ1n) is 5.66. The average Bonchev–Trinajstić information content (AvgIpc) is 2.57. The number of carbonyl (C=O) groups is 1. The van der Waals surface area contributed by atoms with E-state index in [-0.39, 0.29) is 5.91 Å². The zero-order valence-corrected chi connectivity index (χ0v) is 10.7. The number of anilines is 2. The van der Waals surface area contributed by atoms with E-state index in [0.717, 1.165) is 11.3 Å². The number of benzene rings is 1. The number of aryl methyl sites for hydroxylation is 3. The normalized spacial score (nSPS) is 10.4. The molecule has 3 N–H and O–H groups in total. The van der Waals surface area contributed by atoms with Gasteiger partial charge in [-0.15, -0.1) is 0 Å². The largest absolute Gasteiger partial charge is 0.398 e. The summed E-state index contributed by atoms with van der Waals surface area (Å²) in [5.41, 5.74) is 8.62. The summed E-state index contributed by atoms with van der Waals surface area (Å²) in [7, 11) is 1.83. The smallest absolute Gasteiger partial charge is 0.259 e. The Kier molecular flexibility index (Phi) is 3.06. The summed E-state index contributed by atoms with van der Waals surface area (Å²) in [6.07, 6.45) is 0. The number of hydrogen-bond acceptors (Lipinski definition) is 3. The second-order valence-electron chi connectivity index (χ2n) is 4.29. The van der Waals surface area contributed by atoms with Crippen LogP contribution in [0.1, 0.15) is 21.6 Å². The van der Waals surface area contributed by atoms with Gasteiger partial charge in [-0.25, -0.2) is 0 Å². The molecule has 1 aromatic carbocycles. The quantitative estimate of drug-likeness (QED) is 0.792. The van der Waals surface area contributed by atoms with Gasteiger partial charge in [0.25, 0.3) is 5.91 Å². The van der Waals surface area contributed by atoms with E-state index in [1.807, 2.05) is 39.1 Å². The summed E-state index contributed by atoms with van der Waals surface area (Å²) in [5, 5.41) is 6.93. The standard InChI is InChI=1S/C13H16N4O/c1-8-5-4-6-10(14)12(8)13(18)15-11-7-9(2)17(3)16-11/h4-7H,14H2,1-3H3,(H,15,16,18). The number of hydrogen-bond donors (Lipinski definition) is 2. The lowest BCUT2D eigenvalue weighted by Crippen LogP contribution is -2.16. The van der Waals surface area contributed by atoms with E-state index in [4.69, 9.17) is 5.73 Å². The van der Waals surface area contributed by atoms with Crippen molar-refractivity contribution in [2.24, 2.45) is 7.05 Å². The highest BCUT2D eigenvalue weighted by Crippen LogP contribution is 2.18. The Labute approximate surface area is 106 Å². The lowest BCUT2D eigenvalue weighted by molar-refractivity contribution is 0.102. The highest BCUT2D eigenvalue weighted by atomic mass is 16.1. The highest BCUT2D eigenvalue weighted by molar-refractivity contribution is 6.08. The number of amides is 1. The molecule has 0 saturated carbocycles. The zero-order valence-electron chi connectivity index (χ0n) is 10.7. The summed E-state index contributed by atoms with van der Waals surface area (Å²) >= 11 is 0. The van der Waals surface area contributed by atoms with E-state index in [1.165, 1.54) is 0 Å². The predicted octanol–water partition coefficient (Wildman–Crippen LogP) is 1.87. The minimum absolute atomic E-state index is 0.233. The highest BCUT2D eigenvalue weighted by Gasteiger charge is 2.14. The van der Waals surface area contributed by atoms with Crippen LogP contribution in [0, 0.1) is 13.8 Å². The van der Waals surface area contributed by atoms with Gasteiger partial charge in [0.05, 0.1) is 5.56 Å². The van der Waals surface area contributed by atoms with Gasteiger partial charge in [0, 0.05) is 24.5 Å². The van der Waals surface area contributed by atoms with E-state index in [2.05, 4.69) is 10.4 Å². The third-order valence-electron chi connectivity index (χ3n) is 2.89. The molecule has 5 nitrogen and oxygen atoms in total. The monoisotopic (exact) mass is 244 g/mol. The maximum Gasteiger partial charge on any atom is 0.259 e. The molecule has 0 aliphatic carbocycles. The molecule has 18 heavy (non-hydrogen) atoms. The van der Waals surface area contributed by atoms with Crippen LogP contribution in [-0.2, 0) is 7.05 Å². The summed E-state index contributed by atoms with van der Waals surface area (Å²) in [5.74, 6) is 0.298. The number of nitrogens with two attached hydrogens (primary N) is 1. The molecule has 0 radical (unpaired) electrons. The van der Waals surface area contributed by atoms with Crippen molar-refractivity contribution in [3.8, 4) is 0 Å². The van der Waals surface area contributed by atoms with Gasteiger partial charge in [-0.2, -0.15) is 5.10 Å². The molecule has 0 bridgehead atoms. The van der Waals surface area contributed by atoms with Crippen LogP contribution >= 0.6 is 0 Å². The fourth-order valence-electron chi connectivity index (χ4n) is 1.80. The minimum Gasteiger partial charge on any atom is -0.398 e. The number of nitrogens with zero attached hydrogens (tertiary/aromatic N) is 2. The van der Waals surface area contributed by atoms with Gasteiger partial charge >= 0.3 is 0 Å². The molecule has 0 aliphatic rings. The van der Waals surface area contributed by atoms with Gasteiger partial charge in [0.15, 0.2) is 5.82 Å². The minimum atomic E-state index is -0.233. The Morgan fingerprint density at radius 3 is 2.67 bits per heavy atom. The third-order valence-corrected chi connectivity index (χ3v) is 2.89. The topological polar surface area (TPSA) is 72.9 Å². The van der Waals surface area contributed by atoms with Crippen molar-refractivity contribution in [2.75, 3.05) is 11.1 Å². The molecule has 1 amide bonds. The van der Waals surface area contributed by atoms with Crippen LogP contribution in [0.5, 0.6) is 0 Å². The maximum absolute atomic E-state index is 12.1. The Balaban J connectivity index is 2.27. The van der Waals surface area contributed by atoms with Crippen LogP contribution in [0.2, 0.25) is 0 Å². The average molecular weight is 244 g/mol. The van der Waals surface area contributed by atoms with E-state index >= 15 is 0 Å². The lowest BCUT2D eigenvalue weighted by atomic mass is 10.1. The van der Waals surface area contributed by atoms with Crippen molar-refractivity contribution >= 4 is 17.4 Å². The summed E-state index contributed by atoms with van der Waals surface area (Å²) in [6.45, 7) is 3.78. The lowest BCUT2D eigenvalue weighted by Gasteiger charge is -2.08. The molecule has 0 aliphatic heterocycles. The molecule has 1 heterocycles. The molecule has 0 spiro atoms. The Morgan fingerprint density at radius 1 is 1.39 bits per heavy atom. The van der Waals surface area contributed by atoms with Crippen LogP contribution in [-0.4, -0.2) is 15.7 Å². The van der Waals surface area contributed by atoms with Crippen LogP contribution in [0.25, 0.3) is 0 Å². The molecule has 2 rings (SSSR count). The van der Waals surface area contributed by atoms with Crippen LogP contribution in [0.3, 0.4) is 0 Å². The van der Waals surface area contributed by atoms with Crippen molar-refractivity contribution in [1.82, 2.24) is 9.78 Å². The molecule has 0 fully saturated rings. The van der Waals surface area contributed by atoms with Crippen molar-refractivity contribution < 1.29 is 4.79 Å². The van der Waals surface area contributed by atoms with Crippen molar-refractivity contribution in [2.45, 2.75) is 13.8 Å². The van der Waals surface area contributed by atoms with Crippen molar-refractivity contribution in [1.29, 1.82) is 0 Å². The molecular formula is C13H16N4O. The number of rotatable bonds is 2. The maximum atomic E-state index is 12.1. The first-order valence-corrected chi connectivity index (χ1v) is 5.66. The van der Waals surface area contributed by atoms with E-state index in [1.54, 1.807) is 10.7 Å². The molecule has 5 heteroatoms. The van der Waals surface area contributed by atoms with Gasteiger partial charge in [-0.3, -0.25) is 9.48 Å². The van der Waals surface area contributed by atoms with Crippen molar-refractivity contribution in [3.63, 3.8) is 0 Å². The molecule has 0 saturated heterocycles. The molecule has 1 aromatic heterocycles. The second kappa shape index (κ2) is 4.52. The first-order chi connectivity index (χ1) is 8.49. The first kappa shape index (κ1) is 12.2. The number of nitrogen functional groups attached to an aromatic ring is 1. The molecule has 94 valence electrons. The molecular weight excluding hydrogens is 228 g/mol.